The molecule has 0 aliphatic carbocycles. The summed E-state index contributed by atoms with van der Waals surface area (Å²) >= 11 is 0. The molecule has 4 rings (SSSR count). The van der Waals surface area contributed by atoms with Gasteiger partial charge in [-0.25, -0.2) is 0 Å². The number of carbonyl (C=O) groups excluding carboxylic acids is 1. The number of carboxylic acids is 1. The van der Waals surface area contributed by atoms with Crippen LogP contribution < -0.4 is 5.46 Å². The summed E-state index contributed by atoms with van der Waals surface area (Å²) in [7, 11) is -1.64. The van der Waals surface area contributed by atoms with Crippen LogP contribution in [0.4, 0.5) is 0 Å². The van der Waals surface area contributed by atoms with E-state index in [1.165, 1.54) is 6.07 Å². The standard InChI is InChI=1S/C26H26BNO5/c1-15-7-9-18(10-8-15)25-17(3)23-14-28(13-22(23)16(2)21(25)12-24(29)30)26(31)19-5-4-6-20(11-19)27(32)33/h4-11,32-33H,12-14H2,1-3H3,(H,29,30). The van der Waals surface area contributed by atoms with Gasteiger partial charge in [0.05, 0.1) is 6.42 Å². The molecule has 33 heavy (non-hydrogen) atoms. The number of rotatable bonds is 5. The molecule has 3 N–H and O–H groups in total. The monoisotopic (exact) mass is 443 g/mol. The van der Waals surface area contributed by atoms with E-state index in [1.807, 2.05) is 45.0 Å². The van der Waals surface area contributed by atoms with E-state index in [0.717, 1.165) is 44.5 Å². The molecule has 168 valence electrons. The quantitative estimate of drug-likeness (QED) is 0.527. The van der Waals surface area contributed by atoms with Crippen molar-refractivity contribution in [3.63, 3.8) is 0 Å². The van der Waals surface area contributed by atoms with Gasteiger partial charge in [-0.3, -0.25) is 9.59 Å². The first-order valence-electron chi connectivity index (χ1n) is 10.8. The number of fused-ring (bicyclic) bond motifs is 1. The summed E-state index contributed by atoms with van der Waals surface area (Å²) < 4.78 is 0. The lowest BCUT2D eigenvalue weighted by Gasteiger charge is -2.19. The van der Waals surface area contributed by atoms with Crippen molar-refractivity contribution in [2.75, 3.05) is 0 Å². The van der Waals surface area contributed by atoms with Gasteiger partial charge in [0.2, 0.25) is 0 Å². The molecular weight excluding hydrogens is 417 g/mol. The van der Waals surface area contributed by atoms with Gasteiger partial charge in [0.1, 0.15) is 0 Å². The summed E-state index contributed by atoms with van der Waals surface area (Å²) in [6.45, 7) is 6.74. The van der Waals surface area contributed by atoms with E-state index >= 15 is 0 Å². The third kappa shape index (κ3) is 4.29. The molecule has 0 atom stereocenters. The van der Waals surface area contributed by atoms with E-state index in [9.17, 15) is 24.7 Å². The minimum Gasteiger partial charge on any atom is -0.481 e. The lowest BCUT2D eigenvalue weighted by Crippen LogP contribution is -2.32. The Morgan fingerprint density at radius 3 is 2.18 bits per heavy atom. The lowest BCUT2D eigenvalue weighted by atomic mass is 9.79. The first-order valence-corrected chi connectivity index (χ1v) is 10.8. The first-order chi connectivity index (χ1) is 15.7. The summed E-state index contributed by atoms with van der Waals surface area (Å²) in [5, 5.41) is 28.5. The van der Waals surface area contributed by atoms with Crippen LogP contribution in [-0.2, 0) is 24.3 Å². The molecule has 0 bridgehead atoms. The Balaban J connectivity index is 1.78. The molecule has 1 heterocycles. The van der Waals surface area contributed by atoms with E-state index in [-0.39, 0.29) is 17.8 Å². The van der Waals surface area contributed by atoms with Crippen LogP contribution in [0.3, 0.4) is 0 Å². The fourth-order valence-corrected chi connectivity index (χ4v) is 4.71. The third-order valence-corrected chi connectivity index (χ3v) is 6.48. The van der Waals surface area contributed by atoms with Gasteiger partial charge in [0.15, 0.2) is 0 Å². The zero-order valence-corrected chi connectivity index (χ0v) is 18.9. The summed E-state index contributed by atoms with van der Waals surface area (Å²) in [4.78, 5) is 26.7. The molecule has 0 saturated heterocycles. The Bertz CT molecular complexity index is 1250. The van der Waals surface area contributed by atoms with Crippen molar-refractivity contribution in [1.29, 1.82) is 0 Å². The van der Waals surface area contributed by atoms with Gasteiger partial charge in [-0.05, 0) is 77.3 Å². The molecule has 0 radical (unpaired) electrons. The van der Waals surface area contributed by atoms with Crippen molar-refractivity contribution in [3.8, 4) is 11.1 Å². The second-order valence-electron chi connectivity index (χ2n) is 8.66. The largest absolute Gasteiger partial charge is 0.488 e. The molecule has 6 nitrogen and oxygen atoms in total. The minimum absolute atomic E-state index is 0.0897. The summed E-state index contributed by atoms with van der Waals surface area (Å²) in [5.74, 6) is -1.10. The van der Waals surface area contributed by atoms with Crippen LogP contribution in [0.1, 0.15) is 43.7 Å². The molecule has 3 aromatic carbocycles. The highest BCUT2D eigenvalue weighted by molar-refractivity contribution is 6.58. The summed E-state index contributed by atoms with van der Waals surface area (Å²) in [6, 6.07) is 14.4. The van der Waals surface area contributed by atoms with Crippen molar-refractivity contribution in [2.45, 2.75) is 40.3 Å². The Morgan fingerprint density at radius 2 is 1.58 bits per heavy atom. The van der Waals surface area contributed by atoms with E-state index < -0.39 is 13.1 Å². The van der Waals surface area contributed by atoms with Crippen LogP contribution in [0, 0.1) is 20.8 Å². The van der Waals surface area contributed by atoms with Crippen LogP contribution in [0.2, 0.25) is 0 Å². The van der Waals surface area contributed by atoms with Crippen LogP contribution in [0.25, 0.3) is 11.1 Å². The highest BCUT2D eigenvalue weighted by Crippen LogP contribution is 2.39. The molecule has 1 aliphatic heterocycles. The topological polar surface area (TPSA) is 98.1 Å². The fourth-order valence-electron chi connectivity index (χ4n) is 4.71. The summed E-state index contributed by atoms with van der Waals surface area (Å²) in [5.41, 5.74) is 8.37. The van der Waals surface area contributed by atoms with Gasteiger partial charge in [-0.15, -0.1) is 0 Å². The maximum atomic E-state index is 13.2. The normalized spacial score (nSPS) is 12.6. The highest BCUT2D eigenvalue weighted by Gasteiger charge is 2.31. The number of nitrogens with zero attached hydrogens (tertiary/aromatic N) is 1. The number of hydrogen-bond donors (Lipinski definition) is 3. The van der Waals surface area contributed by atoms with E-state index in [4.69, 9.17) is 0 Å². The summed E-state index contributed by atoms with van der Waals surface area (Å²) in [6.07, 6.45) is -0.0897. The molecule has 0 saturated carbocycles. The highest BCUT2D eigenvalue weighted by atomic mass is 16.4. The van der Waals surface area contributed by atoms with Crippen LogP contribution in [-0.4, -0.2) is 39.0 Å². The van der Waals surface area contributed by atoms with Crippen LogP contribution >= 0.6 is 0 Å². The van der Waals surface area contributed by atoms with Gasteiger partial charge >= 0.3 is 13.1 Å². The zero-order valence-electron chi connectivity index (χ0n) is 18.9. The molecule has 0 aromatic heterocycles. The fraction of sp³-hybridized carbons (Fsp3) is 0.231. The third-order valence-electron chi connectivity index (χ3n) is 6.48. The first kappa shape index (κ1) is 22.8. The number of benzene rings is 3. The number of aryl methyl sites for hydroxylation is 1. The van der Waals surface area contributed by atoms with Crippen molar-refractivity contribution < 1.29 is 24.7 Å². The maximum absolute atomic E-state index is 13.2. The van der Waals surface area contributed by atoms with Gasteiger partial charge in [0, 0.05) is 18.7 Å². The predicted octanol–water partition coefficient (Wildman–Crippen LogP) is 2.74. The van der Waals surface area contributed by atoms with Gasteiger partial charge in [-0.2, -0.15) is 0 Å². The van der Waals surface area contributed by atoms with E-state index in [2.05, 4.69) is 0 Å². The number of carboxylic acid groups (broad SMARTS) is 1. The second kappa shape index (κ2) is 8.85. The number of amides is 1. The second-order valence-corrected chi connectivity index (χ2v) is 8.66. The van der Waals surface area contributed by atoms with Gasteiger partial charge < -0.3 is 20.1 Å². The van der Waals surface area contributed by atoms with Crippen LogP contribution in [0.5, 0.6) is 0 Å². The van der Waals surface area contributed by atoms with Crippen molar-refractivity contribution in [2.24, 2.45) is 0 Å². The smallest absolute Gasteiger partial charge is 0.481 e. The SMILES string of the molecule is Cc1ccc(-c2c(C)c3c(c(C)c2CC(=O)O)CN(C(=O)c2cccc(B(O)O)c2)C3)cc1. The predicted molar refractivity (Wildman–Crippen MR) is 127 cm³/mol. The Morgan fingerprint density at radius 1 is 0.939 bits per heavy atom. The van der Waals surface area contributed by atoms with E-state index in [1.54, 1.807) is 23.1 Å². The van der Waals surface area contributed by atoms with Crippen molar-refractivity contribution in [1.82, 2.24) is 4.90 Å². The van der Waals surface area contributed by atoms with Gasteiger partial charge in [-0.1, -0.05) is 42.0 Å². The van der Waals surface area contributed by atoms with Crippen LogP contribution in [0.15, 0.2) is 48.5 Å². The average Bonchev–Trinajstić information content (AvgIpc) is 3.24. The maximum Gasteiger partial charge on any atom is 0.488 e. The van der Waals surface area contributed by atoms with Crippen molar-refractivity contribution in [3.05, 3.63) is 87.5 Å². The number of aliphatic carboxylic acids is 1. The average molecular weight is 443 g/mol. The molecule has 1 amide bonds. The van der Waals surface area contributed by atoms with Crippen molar-refractivity contribution >= 4 is 24.5 Å². The molecule has 0 fully saturated rings. The molecule has 7 heteroatoms. The zero-order chi connectivity index (χ0) is 23.9. The molecular formula is C26H26BNO5. The molecule has 3 aromatic rings. The Kier molecular flexibility index (Phi) is 6.10. The number of carbonyl (C=O) groups is 2. The Hall–Kier alpha value is -3.42. The molecule has 1 aliphatic rings. The molecule has 0 unspecified atom stereocenters. The number of hydrogen-bond acceptors (Lipinski definition) is 4. The lowest BCUT2D eigenvalue weighted by molar-refractivity contribution is -0.136. The Labute approximate surface area is 193 Å². The minimum atomic E-state index is -1.64. The van der Waals surface area contributed by atoms with E-state index in [0.29, 0.717) is 18.7 Å². The van der Waals surface area contributed by atoms with Gasteiger partial charge in [0.25, 0.3) is 5.91 Å². The molecule has 0 spiro atoms.